The van der Waals surface area contributed by atoms with E-state index >= 15 is 0 Å². The first-order valence-corrected chi connectivity index (χ1v) is 8.52. The molecule has 0 saturated carbocycles. The van der Waals surface area contributed by atoms with Crippen molar-refractivity contribution >= 4 is 23.5 Å². The summed E-state index contributed by atoms with van der Waals surface area (Å²) in [4.78, 5) is 26.2. The number of amides is 2. The minimum Gasteiger partial charge on any atom is -0.407 e. The number of nitrogens with zero attached hydrogens (tertiary/aromatic N) is 5. The molecule has 9 nitrogen and oxygen atoms in total. The molecule has 138 valence electrons. The van der Waals surface area contributed by atoms with Crippen molar-refractivity contribution in [3.63, 3.8) is 0 Å². The van der Waals surface area contributed by atoms with Crippen LogP contribution in [0.2, 0.25) is 0 Å². The van der Waals surface area contributed by atoms with Gasteiger partial charge >= 0.3 is 6.01 Å². The van der Waals surface area contributed by atoms with Crippen molar-refractivity contribution in [2.24, 2.45) is 7.05 Å². The Labute approximate surface area is 155 Å². The second-order valence-electron chi connectivity index (χ2n) is 6.44. The fourth-order valence-electron chi connectivity index (χ4n) is 3.01. The van der Waals surface area contributed by atoms with E-state index < -0.39 is 5.91 Å². The summed E-state index contributed by atoms with van der Waals surface area (Å²) >= 11 is 0. The van der Waals surface area contributed by atoms with Gasteiger partial charge in [-0.25, -0.2) is 0 Å². The van der Waals surface area contributed by atoms with Crippen LogP contribution in [-0.2, 0) is 11.8 Å². The molecule has 2 amide bonds. The number of hydrogen-bond acceptors (Lipinski definition) is 6. The lowest BCUT2D eigenvalue weighted by Gasteiger charge is -2.15. The smallest absolute Gasteiger partial charge is 0.322 e. The highest BCUT2D eigenvalue weighted by Crippen LogP contribution is 2.31. The molecule has 0 spiro atoms. The molecule has 1 N–H and O–H groups in total. The molecule has 1 saturated heterocycles. The van der Waals surface area contributed by atoms with Crippen LogP contribution in [0.5, 0.6) is 0 Å². The molecule has 1 aliphatic rings. The summed E-state index contributed by atoms with van der Waals surface area (Å²) in [6.07, 6.45) is 0.282. The van der Waals surface area contributed by atoms with Crippen molar-refractivity contribution < 1.29 is 14.0 Å². The Bertz CT molecular complexity index is 974. The lowest BCUT2D eigenvalue weighted by Crippen LogP contribution is -2.24. The molecule has 3 aromatic rings. The van der Waals surface area contributed by atoms with Crippen LogP contribution in [0.25, 0.3) is 0 Å². The predicted octanol–water partition coefficient (Wildman–Crippen LogP) is 1.88. The lowest BCUT2D eigenvalue weighted by molar-refractivity contribution is -0.117. The molecular formula is C18H18N6O3. The average Bonchev–Trinajstić information content (AvgIpc) is 3.36. The molecule has 1 atom stereocenters. The van der Waals surface area contributed by atoms with E-state index in [0.717, 1.165) is 11.4 Å². The fraction of sp³-hybridized carbons (Fsp3) is 0.278. The molecule has 27 heavy (non-hydrogen) atoms. The molecule has 1 aromatic carbocycles. The van der Waals surface area contributed by atoms with Gasteiger partial charge in [0, 0.05) is 31.4 Å². The highest BCUT2D eigenvalue weighted by Gasteiger charge is 2.35. The summed E-state index contributed by atoms with van der Waals surface area (Å²) < 4.78 is 7.17. The van der Waals surface area contributed by atoms with E-state index in [1.54, 1.807) is 22.7 Å². The number of aromatic nitrogens is 4. The number of nitrogens with one attached hydrogen (secondary N) is 1. The van der Waals surface area contributed by atoms with Crippen LogP contribution >= 0.6 is 0 Å². The molecule has 9 heteroatoms. The van der Waals surface area contributed by atoms with Crippen molar-refractivity contribution in [3.05, 3.63) is 53.7 Å². The van der Waals surface area contributed by atoms with Gasteiger partial charge in [0.1, 0.15) is 0 Å². The molecule has 1 fully saturated rings. The predicted molar refractivity (Wildman–Crippen MR) is 96.3 cm³/mol. The van der Waals surface area contributed by atoms with Crippen molar-refractivity contribution in [3.8, 4) is 0 Å². The van der Waals surface area contributed by atoms with Gasteiger partial charge in [0.2, 0.25) is 11.8 Å². The van der Waals surface area contributed by atoms with Crippen LogP contribution in [0.15, 0.2) is 40.8 Å². The second-order valence-corrected chi connectivity index (χ2v) is 6.44. The van der Waals surface area contributed by atoms with E-state index in [1.807, 2.05) is 37.3 Å². The number of hydrogen-bond donors (Lipinski definition) is 1. The minimum absolute atomic E-state index is 0.000976. The molecule has 4 rings (SSSR count). The van der Waals surface area contributed by atoms with Crippen molar-refractivity contribution in [1.82, 2.24) is 20.0 Å². The third-order valence-electron chi connectivity index (χ3n) is 4.55. The molecule has 3 heterocycles. The van der Waals surface area contributed by atoms with Gasteiger partial charge in [-0.1, -0.05) is 23.3 Å². The third kappa shape index (κ3) is 3.31. The van der Waals surface area contributed by atoms with Gasteiger partial charge in [-0.15, -0.1) is 5.10 Å². The number of carbonyl (C=O) groups is 2. The monoisotopic (exact) mass is 366 g/mol. The third-order valence-corrected chi connectivity index (χ3v) is 4.55. The van der Waals surface area contributed by atoms with Gasteiger partial charge < -0.3 is 9.32 Å². The molecule has 1 unspecified atom stereocenters. The van der Waals surface area contributed by atoms with Gasteiger partial charge in [0.15, 0.2) is 5.69 Å². The maximum absolute atomic E-state index is 12.3. The average molecular weight is 366 g/mol. The highest BCUT2D eigenvalue weighted by atomic mass is 16.4. The molecule has 1 aliphatic heterocycles. The number of aryl methyl sites for hydroxylation is 2. The van der Waals surface area contributed by atoms with E-state index in [4.69, 9.17) is 4.42 Å². The largest absolute Gasteiger partial charge is 0.407 e. The quantitative estimate of drug-likeness (QED) is 0.756. The van der Waals surface area contributed by atoms with Gasteiger partial charge in [-0.3, -0.25) is 19.6 Å². The van der Waals surface area contributed by atoms with E-state index in [2.05, 4.69) is 20.6 Å². The maximum Gasteiger partial charge on any atom is 0.322 e. The summed E-state index contributed by atoms with van der Waals surface area (Å²) in [7, 11) is 1.76. The van der Waals surface area contributed by atoms with Crippen molar-refractivity contribution in [2.75, 3.05) is 16.8 Å². The topological polar surface area (TPSA) is 106 Å². The fourth-order valence-corrected chi connectivity index (χ4v) is 3.01. The zero-order valence-corrected chi connectivity index (χ0v) is 14.9. The molecular weight excluding hydrogens is 348 g/mol. The van der Waals surface area contributed by atoms with E-state index in [0.29, 0.717) is 12.4 Å². The normalized spacial score (nSPS) is 16.7. The van der Waals surface area contributed by atoms with Crippen LogP contribution in [0.4, 0.5) is 11.7 Å². The van der Waals surface area contributed by atoms with E-state index in [9.17, 15) is 9.59 Å². The van der Waals surface area contributed by atoms with Crippen LogP contribution < -0.4 is 10.2 Å². The number of para-hydroxylation sites is 1. The molecule has 0 aliphatic carbocycles. The Kier molecular flexibility index (Phi) is 4.19. The summed E-state index contributed by atoms with van der Waals surface area (Å²) in [5, 5.41) is 14.5. The van der Waals surface area contributed by atoms with Crippen molar-refractivity contribution in [2.45, 2.75) is 19.3 Å². The van der Waals surface area contributed by atoms with Gasteiger partial charge in [-0.2, -0.15) is 5.10 Å². The lowest BCUT2D eigenvalue weighted by atomic mass is 10.1. The Morgan fingerprint density at radius 3 is 2.74 bits per heavy atom. The number of benzene rings is 1. The van der Waals surface area contributed by atoms with Crippen LogP contribution in [-0.4, -0.2) is 38.3 Å². The molecule has 2 aromatic heterocycles. The second kappa shape index (κ2) is 6.67. The van der Waals surface area contributed by atoms with E-state index in [1.165, 1.54) is 0 Å². The first-order chi connectivity index (χ1) is 13.0. The van der Waals surface area contributed by atoms with Crippen LogP contribution in [0, 0.1) is 6.92 Å². The molecule has 0 bridgehead atoms. The summed E-state index contributed by atoms with van der Waals surface area (Å²) in [6, 6.07) is 11.1. The number of rotatable bonds is 4. The Balaban J connectivity index is 1.45. The maximum atomic E-state index is 12.3. The zero-order chi connectivity index (χ0) is 19.0. The van der Waals surface area contributed by atoms with Crippen LogP contribution in [0.1, 0.15) is 34.4 Å². The van der Waals surface area contributed by atoms with Crippen molar-refractivity contribution in [1.29, 1.82) is 0 Å². The van der Waals surface area contributed by atoms with Crippen LogP contribution in [0.3, 0.4) is 0 Å². The van der Waals surface area contributed by atoms with E-state index in [-0.39, 0.29) is 30.0 Å². The summed E-state index contributed by atoms with van der Waals surface area (Å²) in [6.45, 7) is 2.31. The standard InChI is InChI=1S/C18H18N6O3/c1-11-8-14(22-23(11)2)16(26)19-18-21-20-17(27-18)12-9-15(25)24(10-12)13-6-4-3-5-7-13/h3-8,12H,9-10H2,1-2H3,(H,19,21,26). The number of anilines is 2. The first-order valence-electron chi connectivity index (χ1n) is 8.52. The Hall–Kier alpha value is -3.49. The SMILES string of the molecule is Cc1cc(C(=O)Nc2nnc(C3CC(=O)N(c4ccccc4)C3)o2)nn1C. The first kappa shape index (κ1) is 17.0. The minimum atomic E-state index is -0.428. The zero-order valence-electron chi connectivity index (χ0n) is 14.9. The Morgan fingerprint density at radius 2 is 2.04 bits per heavy atom. The highest BCUT2D eigenvalue weighted by molar-refractivity contribution is 6.01. The Morgan fingerprint density at radius 1 is 1.26 bits per heavy atom. The summed E-state index contributed by atoms with van der Waals surface area (Å²) in [5.41, 5.74) is 1.96. The molecule has 0 radical (unpaired) electrons. The summed E-state index contributed by atoms with van der Waals surface area (Å²) in [5.74, 6) is -0.316. The van der Waals surface area contributed by atoms with Gasteiger partial charge in [-0.05, 0) is 25.1 Å². The number of carbonyl (C=O) groups excluding carboxylic acids is 2. The van der Waals surface area contributed by atoms with Gasteiger partial charge in [0.05, 0.1) is 5.92 Å². The van der Waals surface area contributed by atoms with Gasteiger partial charge in [0.25, 0.3) is 5.91 Å².